The fraction of sp³-hybridized carbons (Fsp3) is 0.292. The second-order valence-corrected chi connectivity index (χ2v) is 9.50. The summed E-state index contributed by atoms with van der Waals surface area (Å²) >= 11 is 12.4. The van der Waals surface area contributed by atoms with Crippen LogP contribution in [0.3, 0.4) is 0 Å². The van der Waals surface area contributed by atoms with Gasteiger partial charge in [0.2, 0.25) is 0 Å². The van der Waals surface area contributed by atoms with E-state index in [0.717, 1.165) is 27.4 Å². The number of aromatic nitrogens is 5. The number of imidazole rings is 1. The summed E-state index contributed by atoms with van der Waals surface area (Å²) in [5.74, 6) is -0.350. The first-order chi connectivity index (χ1) is 18.6. The zero-order chi connectivity index (χ0) is 29.6. The molecule has 2 heterocycles. The Morgan fingerprint density at radius 2 is 1.62 bits per heavy atom. The first-order valence-electron chi connectivity index (χ1n) is 11.4. The molecular weight excluding hydrogens is 591 g/mol. The average Bonchev–Trinajstić information content (AvgIpc) is 3.39. The van der Waals surface area contributed by atoms with E-state index in [1.807, 2.05) is 0 Å². The number of hydrogen-bond acceptors (Lipinski definition) is 5. The van der Waals surface area contributed by atoms with Crippen LogP contribution in [0.4, 0.5) is 26.3 Å². The first kappa shape index (κ1) is 29.6. The molecule has 40 heavy (non-hydrogen) atoms. The topological polar surface area (TPSA) is 98.1 Å². The lowest BCUT2D eigenvalue weighted by Crippen LogP contribution is -2.37. The summed E-state index contributed by atoms with van der Waals surface area (Å²) in [5, 5.41) is 24.0. The number of alkyl halides is 6. The molecule has 0 radical (unpaired) electrons. The minimum Gasteiger partial charge on any atom is -0.385 e. The molecule has 0 bridgehead atoms. The van der Waals surface area contributed by atoms with Crippen LogP contribution < -0.4 is 5.69 Å². The predicted octanol–water partition coefficient (Wildman–Crippen LogP) is 5.25. The number of halogens is 8. The molecule has 0 saturated heterocycles. The van der Waals surface area contributed by atoms with Gasteiger partial charge in [0.25, 0.3) is 0 Å². The van der Waals surface area contributed by atoms with Crippen LogP contribution in [0.15, 0.2) is 53.3 Å². The zero-order valence-corrected chi connectivity index (χ0v) is 21.8. The van der Waals surface area contributed by atoms with Crippen LogP contribution in [0, 0.1) is 0 Å². The predicted molar refractivity (Wildman–Crippen MR) is 132 cm³/mol. The van der Waals surface area contributed by atoms with Crippen molar-refractivity contribution in [3.8, 4) is 16.9 Å². The number of hydrogen-bond donors (Lipinski definition) is 2. The van der Waals surface area contributed by atoms with Gasteiger partial charge in [-0.15, -0.1) is 5.10 Å². The Hall–Kier alpha value is -3.33. The van der Waals surface area contributed by atoms with Gasteiger partial charge in [-0.05, 0) is 37.3 Å². The van der Waals surface area contributed by atoms with Crippen LogP contribution in [-0.2, 0) is 19.3 Å². The molecule has 0 aliphatic heterocycles. The Bertz CT molecular complexity index is 1580. The van der Waals surface area contributed by atoms with Crippen molar-refractivity contribution < 1.29 is 36.6 Å². The molecule has 2 aromatic heterocycles. The monoisotopic (exact) mass is 609 g/mol. The lowest BCUT2D eigenvalue weighted by atomic mass is 10.1. The van der Waals surface area contributed by atoms with Gasteiger partial charge in [-0.1, -0.05) is 41.4 Å². The van der Waals surface area contributed by atoms with Crippen molar-refractivity contribution in [1.82, 2.24) is 23.9 Å². The SMILES string of the molecule is C[C@H](O)c1nc(Cn2c(Cl)c(-c3ccc(Cl)cc3)n(C[C@H](O)C(F)(F)F)c2=O)nn1-c1cccc(C(F)(F)F)c1. The number of benzene rings is 2. The normalized spacial score (nSPS) is 14.0. The molecule has 0 amide bonds. The molecule has 0 fully saturated rings. The number of rotatable bonds is 7. The van der Waals surface area contributed by atoms with Crippen molar-refractivity contribution in [2.45, 2.75) is 44.6 Å². The van der Waals surface area contributed by atoms with Crippen LogP contribution >= 0.6 is 23.2 Å². The van der Waals surface area contributed by atoms with Gasteiger partial charge in [0.15, 0.2) is 17.8 Å². The van der Waals surface area contributed by atoms with Crippen LogP contribution in [0.2, 0.25) is 10.2 Å². The maximum atomic E-state index is 13.3. The van der Waals surface area contributed by atoms with Crippen molar-refractivity contribution in [3.05, 3.63) is 86.4 Å². The molecule has 214 valence electrons. The van der Waals surface area contributed by atoms with Gasteiger partial charge < -0.3 is 10.2 Å². The highest BCUT2D eigenvalue weighted by atomic mass is 35.5. The van der Waals surface area contributed by atoms with Gasteiger partial charge in [-0.3, -0.25) is 9.13 Å². The van der Waals surface area contributed by atoms with E-state index >= 15 is 0 Å². The molecule has 4 rings (SSSR count). The van der Waals surface area contributed by atoms with Crippen molar-refractivity contribution in [2.75, 3.05) is 0 Å². The van der Waals surface area contributed by atoms with Crippen LogP contribution in [0.25, 0.3) is 16.9 Å². The van der Waals surface area contributed by atoms with E-state index in [4.69, 9.17) is 23.2 Å². The third-order valence-corrected chi connectivity index (χ3v) is 6.42. The summed E-state index contributed by atoms with van der Waals surface area (Å²) in [6, 6.07) is 9.74. The smallest absolute Gasteiger partial charge is 0.385 e. The fourth-order valence-corrected chi connectivity index (χ4v) is 4.35. The summed E-state index contributed by atoms with van der Waals surface area (Å²) in [6.07, 6.45) is -13.9. The lowest BCUT2D eigenvalue weighted by molar-refractivity contribution is -0.207. The maximum absolute atomic E-state index is 13.3. The van der Waals surface area contributed by atoms with Crippen molar-refractivity contribution in [2.24, 2.45) is 0 Å². The highest BCUT2D eigenvalue weighted by Crippen LogP contribution is 2.32. The van der Waals surface area contributed by atoms with Gasteiger partial charge in [-0.2, -0.15) is 26.3 Å². The number of aliphatic hydroxyl groups excluding tert-OH is 2. The van der Waals surface area contributed by atoms with Gasteiger partial charge in [0, 0.05) is 10.6 Å². The number of nitrogens with zero attached hydrogens (tertiary/aromatic N) is 5. The van der Waals surface area contributed by atoms with Crippen LogP contribution in [0.5, 0.6) is 0 Å². The van der Waals surface area contributed by atoms with Gasteiger partial charge in [-0.25, -0.2) is 14.5 Å². The fourth-order valence-electron chi connectivity index (χ4n) is 3.88. The van der Waals surface area contributed by atoms with Crippen LogP contribution in [-0.4, -0.2) is 46.4 Å². The molecule has 0 saturated carbocycles. The van der Waals surface area contributed by atoms with Gasteiger partial charge >= 0.3 is 18.0 Å². The molecule has 2 N–H and O–H groups in total. The third kappa shape index (κ3) is 6.04. The minimum absolute atomic E-state index is 0.0874. The van der Waals surface area contributed by atoms with Gasteiger partial charge in [0.1, 0.15) is 11.3 Å². The Balaban J connectivity index is 1.82. The zero-order valence-electron chi connectivity index (χ0n) is 20.3. The summed E-state index contributed by atoms with van der Waals surface area (Å²) in [6.45, 7) is -0.415. The van der Waals surface area contributed by atoms with E-state index < -0.39 is 48.9 Å². The van der Waals surface area contributed by atoms with E-state index in [9.17, 15) is 41.4 Å². The highest BCUT2D eigenvalue weighted by Gasteiger charge is 2.39. The van der Waals surface area contributed by atoms with E-state index in [2.05, 4.69) is 10.1 Å². The summed E-state index contributed by atoms with van der Waals surface area (Å²) in [4.78, 5) is 17.4. The Morgan fingerprint density at radius 3 is 2.20 bits per heavy atom. The highest BCUT2D eigenvalue weighted by molar-refractivity contribution is 6.32. The molecule has 0 aliphatic carbocycles. The third-order valence-electron chi connectivity index (χ3n) is 5.78. The average molecular weight is 610 g/mol. The quantitative estimate of drug-likeness (QED) is 0.279. The first-order valence-corrected chi connectivity index (χ1v) is 12.1. The van der Waals surface area contributed by atoms with Crippen LogP contribution in [0.1, 0.15) is 30.2 Å². The summed E-state index contributed by atoms with van der Waals surface area (Å²) in [5.41, 5.74) is -2.06. The molecule has 0 spiro atoms. The Labute approximate surface area is 231 Å². The molecule has 2 aromatic carbocycles. The minimum atomic E-state index is -5.04. The molecule has 16 heteroatoms. The standard InChI is InChI=1S/C24H19Cl2F6N5O3/c1-12(38)21-33-18(34-37(21)16-4-2-3-14(9-16)23(27,28)29)11-36-20(26)19(13-5-7-15(25)8-6-13)35(22(36)40)10-17(39)24(30,31)32/h2-9,12,17,38-39H,10-11H2,1H3/t12-,17-/m0/s1. The molecule has 2 atom stereocenters. The second kappa shape index (κ2) is 10.9. The Morgan fingerprint density at radius 1 is 0.975 bits per heavy atom. The van der Waals surface area contributed by atoms with E-state index in [1.165, 1.54) is 37.3 Å². The summed E-state index contributed by atoms with van der Waals surface area (Å²) in [7, 11) is 0. The molecule has 0 unspecified atom stereocenters. The molecule has 0 aliphatic rings. The summed E-state index contributed by atoms with van der Waals surface area (Å²) < 4.78 is 81.6. The maximum Gasteiger partial charge on any atom is 0.416 e. The lowest BCUT2D eigenvalue weighted by Gasteiger charge is -2.16. The molecular formula is C24H19Cl2F6N5O3. The van der Waals surface area contributed by atoms with E-state index in [0.29, 0.717) is 9.59 Å². The second-order valence-electron chi connectivity index (χ2n) is 8.71. The number of aliphatic hydroxyl groups is 2. The van der Waals surface area contributed by atoms with Crippen molar-refractivity contribution in [3.63, 3.8) is 0 Å². The van der Waals surface area contributed by atoms with Gasteiger partial charge in [0.05, 0.1) is 30.0 Å². The molecule has 8 nitrogen and oxygen atoms in total. The van der Waals surface area contributed by atoms with E-state index in [-0.39, 0.29) is 33.7 Å². The van der Waals surface area contributed by atoms with E-state index in [1.54, 1.807) is 0 Å². The molecule has 4 aromatic rings. The van der Waals surface area contributed by atoms with Crippen molar-refractivity contribution >= 4 is 23.2 Å². The Kier molecular flexibility index (Phi) is 8.09. The largest absolute Gasteiger partial charge is 0.416 e. The van der Waals surface area contributed by atoms with Crippen molar-refractivity contribution in [1.29, 1.82) is 0 Å².